The molecule has 0 aromatic heterocycles. The number of benzene rings is 1. The molecule has 1 saturated heterocycles. The van der Waals surface area contributed by atoms with E-state index in [0.717, 1.165) is 26.1 Å². The van der Waals surface area contributed by atoms with Crippen molar-refractivity contribution in [3.8, 4) is 0 Å². The number of hydrogen-bond acceptors (Lipinski definition) is 3. The lowest BCUT2D eigenvalue weighted by molar-refractivity contribution is 0.0473. The second-order valence-corrected chi connectivity index (χ2v) is 5.28. The maximum Gasteiger partial charge on any atom is 0.0789 e. The van der Waals surface area contributed by atoms with Gasteiger partial charge in [0.25, 0.3) is 0 Å². The first kappa shape index (κ1) is 12.0. The molecule has 1 N–H and O–H groups in total. The second kappa shape index (κ2) is 5.72. The van der Waals surface area contributed by atoms with E-state index in [4.69, 9.17) is 4.74 Å². The molecule has 1 unspecified atom stereocenters. The summed E-state index contributed by atoms with van der Waals surface area (Å²) in [6.07, 6.45) is 4.10. The number of anilines is 1. The van der Waals surface area contributed by atoms with Gasteiger partial charge in [-0.05, 0) is 37.6 Å². The summed E-state index contributed by atoms with van der Waals surface area (Å²) in [6.45, 7) is 5.42. The number of para-hydroxylation sites is 1. The lowest BCUT2D eigenvalue weighted by Crippen LogP contribution is -2.33. The van der Waals surface area contributed by atoms with Crippen LogP contribution >= 0.6 is 0 Å². The molecule has 2 heterocycles. The predicted octanol–water partition coefficient (Wildman–Crippen LogP) is 2.14. The summed E-state index contributed by atoms with van der Waals surface area (Å²) in [4.78, 5) is 2.50. The summed E-state index contributed by atoms with van der Waals surface area (Å²) in [6, 6.07) is 8.53. The Morgan fingerprint density at radius 3 is 2.94 bits per heavy atom. The van der Waals surface area contributed by atoms with E-state index in [9.17, 15) is 0 Å². The molecule has 0 amide bonds. The van der Waals surface area contributed by atoms with E-state index in [2.05, 4.69) is 34.5 Å². The first-order valence-electron chi connectivity index (χ1n) is 7.07. The Morgan fingerprint density at radius 2 is 2.06 bits per heavy atom. The normalized spacial score (nSPS) is 23.7. The fourth-order valence-electron chi connectivity index (χ4n) is 2.88. The van der Waals surface area contributed by atoms with Crippen LogP contribution in [0.15, 0.2) is 24.3 Å². The number of hydrogen-bond donors (Lipinski definition) is 1. The van der Waals surface area contributed by atoms with Gasteiger partial charge in [-0.15, -0.1) is 0 Å². The standard InChI is InChI=1S/C15H22N2O/c1-2-6-15-13(5-1)11-14(12-16-15)18-10-9-17-7-3-4-8-17/h1-2,5-6,14,16H,3-4,7-12H2. The van der Waals surface area contributed by atoms with Crippen LogP contribution in [-0.2, 0) is 11.2 Å². The molecule has 2 aliphatic heterocycles. The minimum Gasteiger partial charge on any atom is -0.382 e. The minimum absolute atomic E-state index is 0.336. The molecule has 0 spiro atoms. The zero-order valence-electron chi connectivity index (χ0n) is 10.9. The highest BCUT2D eigenvalue weighted by Crippen LogP contribution is 2.22. The van der Waals surface area contributed by atoms with Crippen LogP contribution in [0.3, 0.4) is 0 Å². The molecule has 3 heteroatoms. The average Bonchev–Trinajstić information content (AvgIpc) is 2.92. The zero-order chi connectivity index (χ0) is 12.2. The number of nitrogens with one attached hydrogen (secondary N) is 1. The number of nitrogens with zero attached hydrogens (tertiary/aromatic N) is 1. The molecule has 18 heavy (non-hydrogen) atoms. The molecule has 1 aromatic rings. The van der Waals surface area contributed by atoms with Crippen LogP contribution in [-0.4, -0.2) is 43.8 Å². The predicted molar refractivity (Wildman–Crippen MR) is 74.0 cm³/mol. The van der Waals surface area contributed by atoms with Crippen molar-refractivity contribution in [2.24, 2.45) is 0 Å². The Morgan fingerprint density at radius 1 is 1.22 bits per heavy atom. The van der Waals surface area contributed by atoms with Gasteiger partial charge in [-0.3, -0.25) is 0 Å². The third-order valence-corrected chi connectivity index (χ3v) is 3.94. The van der Waals surface area contributed by atoms with Crippen LogP contribution < -0.4 is 5.32 Å². The van der Waals surface area contributed by atoms with E-state index in [0.29, 0.717) is 6.10 Å². The molecule has 0 aliphatic carbocycles. The molecular weight excluding hydrogens is 224 g/mol. The SMILES string of the molecule is c1ccc2c(c1)CC(OCCN1CCCC1)CN2. The van der Waals surface area contributed by atoms with Crippen LogP contribution in [0.4, 0.5) is 5.69 Å². The van der Waals surface area contributed by atoms with E-state index in [-0.39, 0.29) is 0 Å². The van der Waals surface area contributed by atoms with Crippen LogP contribution in [0, 0.1) is 0 Å². The van der Waals surface area contributed by atoms with Crippen LogP contribution in [0.2, 0.25) is 0 Å². The molecule has 2 aliphatic rings. The molecule has 3 nitrogen and oxygen atoms in total. The number of ether oxygens (including phenoxy) is 1. The molecule has 1 fully saturated rings. The monoisotopic (exact) mass is 246 g/mol. The Kier molecular flexibility index (Phi) is 3.81. The minimum atomic E-state index is 0.336. The Balaban J connectivity index is 1.44. The molecule has 1 aromatic carbocycles. The summed E-state index contributed by atoms with van der Waals surface area (Å²) in [7, 11) is 0. The van der Waals surface area contributed by atoms with Gasteiger partial charge in [0.2, 0.25) is 0 Å². The zero-order valence-corrected chi connectivity index (χ0v) is 10.9. The lowest BCUT2D eigenvalue weighted by atomic mass is 10.0. The van der Waals surface area contributed by atoms with Crippen LogP contribution in [0.25, 0.3) is 0 Å². The van der Waals surface area contributed by atoms with Gasteiger partial charge in [-0.2, -0.15) is 0 Å². The van der Waals surface area contributed by atoms with Gasteiger partial charge in [-0.25, -0.2) is 0 Å². The molecule has 0 radical (unpaired) electrons. The quantitative estimate of drug-likeness (QED) is 0.881. The summed E-state index contributed by atoms with van der Waals surface area (Å²) >= 11 is 0. The molecule has 98 valence electrons. The topological polar surface area (TPSA) is 24.5 Å². The first-order chi connectivity index (χ1) is 8.92. The number of rotatable bonds is 4. The van der Waals surface area contributed by atoms with Gasteiger partial charge in [0.1, 0.15) is 0 Å². The van der Waals surface area contributed by atoms with Crippen LogP contribution in [0.1, 0.15) is 18.4 Å². The summed E-state index contributed by atoms with van der Waals surface area (Å²) in [5, 5.41) is 3.45. The highest BCUT2D eigenvalue weighted by molar-refractivity contribution is 5.53. The largest absolute Gasteiger partial charge is 0.382 e. The van der Waals surface area contributed by atoms with Gasteiger partial charge in [0.15, 0.2) is 0 Å². The van der Waals surface area contributed by atoms with Gasteiger partial charge in [0, 0.05) is 25.2 Å². The smallest absolute Gasteiger partial charge is 0.0789 e. The van der Waals surface area contributed by atoms with Gasteiger partial charge in [0.05, 0.1) is 12.7 Å². The van der Waals surface area contributed by atoms with Crippen molar-refractivity contribution in [1.82, 2.24) is 4.90 Å². The van der Waals surface area contributed by atoms with E-state index in [1.165, 1.54) is 37.2 Å². The van der Waals surface area contributed by atoms with Gasteiger partial charge >= 0.3 is 0 Å². The van der Waals surface area contributed by atoms with E-state index < -0.39 is 0 Å². The Labute approximate surface area is 109 Å². The Hall–Kier alpha value is -1.06. The molecule has 3 rings (SSSR count). The highest BCUT2D eigenvalue weighted by atomic mass is 16.5. The van der Waals surface area contributed by atoms with Crippen molar-refractivity contribution in [3.63, 3.8) is 0 Å². The van der Waals surface area contributed by atoms with Crippen molar-refractivity contribution in [2.45, 2.75) is 25.4 Å². The highest BCUT2D eigenvalue weighted by Gasteiger charge is 2.18. The fraction of sp³-hybridized carbons (Fsp3) is 0.600. The summed E-state index contributed by atoms with van der Waals surface area (Å²) in [5.74, 6) is 0. The first-order valence-corrected chi connectivity index (χ1v) is 7.07. The van der Waals surface area contributed by atoms with Crippen molar-refractivity contribution in [1.29, 1.82) is 0 Å². The molecular formula is C15H22N2O. The summed E-state index contributed by atoms with van der Waals surface area (Å²) in [5.41, 5.74) is 2.66. The fourth-order valence-corrected chi connectivity index (χ4v) is 2.88. The van der Waals surface area contributed by atoms with Crippen molar-refractivity contribution >= 4 is 5.69 Å². The number of fused-ring (bicyclic) bond motifs is 1. The third kappa shape index (κ3) is 2.85. The van der Waals surface area contributed by atoms with E-state index >= 15 is 0 Å². The van der Waals surface area contributed by atoms with E-state index in [1.54, 1.807) is 0 Å². The van der Waals surface area contributed by atoms with Crippen LogP contribution in [0.5, 0.6) is 0 Å². The lowest BCUT2D eigenvalue weighted by Gasteiger charge is -2.27. The Bertz CT molecular complexity index is 388. The molecule has 0 bridgehead atoms. The third-order valence-electron chi connectivity index (χ3n) is 3.94. The maximum atomic E-state index is 6.00. The van der Waals surface area contributed by atoms with E-state index in [1.807, 2.05) is 0 Å². The van der Waals surface area contributed by atoms with Crippen molar-refractivity contribution < 1.29 is 4.74 Å². The second-order valence-electron chi connectivity index (χ2n) is 5.28. The van der Waals surface area contributed by atoms with Gasteiger partial charge in [-0.1, -0.05) is 18.2 Å². The van der Waals surface area contributed by atoms with Crippen molar-refractivity contribution in [3.05, 3.63) is 29.8 Å². The molecule has 0 saturated carbocycles. The average molecular weight is 246 g/mol. The van der Waals surface area contributed by atoms with Gasteiger partial charge < -0.3 is 15.0 Å². The maximum absolute atomic E-state index is 6.00. The summed E-state index contributed by atoms with van der Waals surface area (Å²) < 4.78 is 6.00. The number of likely N-dealkylation sites (tertiary alicyclic amines) is 1. The van der Waals surface area contributed by atoms with Crippen molar-refractivity contribution in [2.75, 3.05) is 38.1 Å². The molecule has 1 atom stereocenters.